The first-order valence-electron chi connectivity index (χ1n) is 8.64. The molecular formula is C23H16BrCl2NO2. The van der Waals surface area contributed by atoms with Gasteiger partial charge in [-0.15, -0.1) is 0 Å². The van der Waals surface area contributed by atoms with Crippen LogP contribution in [0, 0.1) is 11.3 Å². The highest BCUT2D eigenvalue weighted by Gasteiger charge is 2.13. The molecule has 0 heterocycles. The zero-order valence-electron chi connectivity index (χ0n) is 15.5. The number of benzene rings is 3. The Morgan fingerprint density at radius 1 is 1.07 bits per heavy atom. The maximum Gasteiger partial charge on any atom is 0.175 e. The van der Waals surface area contributed by atoms with Gasteiger partial charge in [-0.1, -0.05) is 59.6 Å². The number of nitrogens with zero attached hydrogens (tertiary/aromatic N) is 1. The number of methoxy groups -OCH3 is 1. The topological polar surface area (TPSA) is 42.2 Å². The van der Waals surface area contributed by atoms with E-state index in [0.717, 1.165) is 11.1 Å². The van der Waals surface area contributed by atoms with Gasteiger partial charge in [0.25, 0.3) is 0 Å². The summed E-state index contributed by atoms with van der Waals surface area (Å²) in [5.74, 6) is 1.09. The van der Waals surface area contributed by atoms with Crippen molar-refractivity contribution in [2.24, 2.45) is 0 Å². The van der Waals surface area contributed by atoms with Gasteiger partial charge in [0.2, 0.25) is 0 Å². The van der Waals surface area contributed by atoms with Crippen LogP contribution in [0.1, 0.15) is 16.7 Å². The van der Waals surface area contributed by atoms with Gasteiger partial charge >= 0.3 is 0 Å². The number of allylic oxidation sites excluding steroid dienone is 1. The third-order valence-corrected chi connectivity index (χ3v) is 5.46. The molecule has 29 heavy (non-hydrogen) atoms. The Balaban J connectivity index is 1.93. The molecule has 0 unspecified atom stereocenters. The van der Waals surface area contributed by atoms with Gasteiger partial charge in [-0.3, -0.25) is 0 Å². The highest BCUT2D eigenvalue weighted by Crippen LogP contribution is 2.38. The number of ether oxygens (including phenoxy) is 2. The van der Waals surface area contributed by atoms with Crippen LogP contribution in [0.3, 0.4) is 0 Å². The molecule has 0 N–H and O–H groups in total. The minimum absolute atomic E-state index is 0.299. The molecule has 6 heteroatoms. The molecule has 3 nitrogen and oxygen atoms in total. The van der Waals surface area contributed by atoms with E-state index in [9.17, 15) is 5.26 Å². The van der Waals surface area contributed by atoms with Gasteiger partial charge in [-0.05, 0) is 51.8 Å². The summed E-state index contributed by atoms with van der Waals surface area (Å²) in [6, 6.07) is 20.6. The largest absolute Gasteiger partial charge is 0.493 e. The molecule has 0 aliphatic heterocycles. The van der Waals surface area contributed by atoms with Gasteiger partial charge in [0.1, 0.15) is 6.61 Å². The van der Waals surface area contributed by atoms with Crippen molar-refractivity contribution in [1.82, 2.24) is 0 Å². The third-order valence-electron chi connectivity index (χ3n) is 4.18. The zero-order chi connectivity index (χ0) is 20.8. The number of rotatable bonds is 6. The van der Waals surface area contributed by atoms with Crippen LogP contribution in [0.25, 0.3) is 11.6 Å². The van der Waals surface area contributed by atoms with E-state index < -0.39 is 0 Å². The van der Waals surface area contributed by atoms with E-state index in [1.807, 2.05) is 48.5 Å². The van der Waals surface area contributed by atoms with Gasteiger partial charge in [0, 0.05) is 21.2 Å². The van der Waals surface area contributed by atoms with Gasteiger partial charge in [0.05, 0.1) is 23.2 Å². The lowest BCUT2D eigenvalue weighted by molar-refractivity contribution is 0.282. The maximum absolute atomic E-state index is 9.59. The molecule has 0 amide bonds. The van der Waals surface area contributed by atoms with Gasteiger partial charge in [-0.25, -0.2) is 0 Å². The van der Waals surface area contributed by atoms with Crippen molar-refractivity contribution in [3.8, 4) is 17.6 Å². The molecule has 0 atom stereocenters. The molecule has 0 aromatic heterocycles. The lowest BCUT2D eigenvalue weighted by Gasteiger charge is -2.14. The molecule has 0 aliphatic rings. The molecular weight excluding hydrogens is 473 g/mol. The Hall–Kier alpha value is -2.45. The lowest BCUT2D eigenvalue weighted by atomic mass is 10.0. The molecule has 0 saturated heterocycles. The van der Waals surface area contributed by atoms with E-state index in [1.54, 1.807) is 25.3 Å². The van der Waals surface area contributed by atoms with E-state index in [0.29, 0.717) is 43.8 Å². The molecule has 0 bridgehead atoms. The summed E-state index contributed by atoms with van der Waals surface area (Å²) in [6.45, 7) is 0.299. The first-order chi connectivity index (χ1) is 14.0. The fourth-order valence-corrected chi connectivity index (χ4v) is 3.75. The fraction of sp³-hybridized carbons (Fsp3) is 0.0870. The normalized spacial score (nSPS) is 11.1. The summed E-state index contributed by atoms with van der Waals surface area (Å²) in [6.07, 6.45) is 1.76. The Kier molecular flexibility index (Phi) is 7.22. The highest BCUT2D eigenvalue weighted by atomic mass is 79.9. The van der Waals surface area contributed by atoms with Crippen molar-refractivity contribution in [3.63, 3.8) is 0 Å². The van der Waals surface area contributed by atoms with Crippen molar-refractivity contribution >= 4 is 50.8 Å². The maximum atomic E-state index is 9.59. The van der Waals surface area contributed by atoms with Crippen molar-refractivity contribution in [2.45, 2.75) is 6.61 Å². The molecule has 0 fully saturated rings. The SMILES string of the molecule is COc1cc(C=C(C#N)c2ccccc2Cl)cc(Br)c1OCc1ccccc1Cl. The Morgan fingerprint density at radius 2 is 1.76 bits per heavy atom. The van der Waals surface area contributed by atoms with Crippen LogP contribution in [-0.4, -0.2) is 7.11 Å². The minimum atomic E-state index is 0.299. The second kappa shape index (κ2) is 9.84. The van der Waals surface area contributed by atoms with Gasteiger partial charge in [0.15, 0.2) is 11.5 Å². The number of nitriles is 1. The van der Waals surface area contributed by atoms with Crippen LogP contribution in [0.15, 0.2) is 65.1 Å². The molecule has 0 spiro atoms. The van der Waals surface area contributed by atoms with E-state index in [4.69, 9.17) is 32.7 Å². The fourth-order valence-electron chi connectivity index (χ4n) is 2.75. The van der Waals surface area contributed by atoms with E-state index >= 15 is 0 Å². The molecule has 0 saturated carbocycles. The number of hydrogen-bond donors (Lipinski definition) is 0. The molecule has 3 aromatic rings. The Bertz CT molecular complexity index is 1110. The molecule has 0 radical (unpaired) electrons. The predicted octanol–water partition coefficient (Wildman–Crippen LogP) is 7.41. The third kappa shape index (κ3) is 5.13. The zero-order valence-corrected chi connectivity index (χ0v) is 18.6. The second-order valence-corrected chi connectivity index (χ2v) is 7.73. The lowest BCUT2D eigenvalue weighted by Crippen LogP contribution is -1.99. The van der Waals surface area contributed by atoms with Crippen LogP contribution in [0.2, 0.25) is 10.0 Å². The average Bonchev–Trinajstić information content (AvgIpc) is 2.72. The number of halogens is 3. The van der Waals surface area contributed by atoms with Crippen LogP contribution < -0.4 is 9.47 Å². The predicted molar refractivity (Wildman–Crippen MR) is 121 cm³/mol. The second-order valence-electron chi connectivity index (χ2n) is 6.06. The molecule has 3 aromatic carbocycles. The smallest absolute Gasteiger partial charge is 0.175 e. The van der Waals surface area contributed by atoms with Gasteiger partial charge < -0.3 is 9.47 Å². The molecule has 146 valence electrons. The van der Waals surface area contributed by atoms with Crippen molar-refractivity contribution in [1.29, 1.82) is 5.26 Å². The number of hydrogen-bond acceptors (Lipinski definition) is 3. The quantitative estimate of drug-likeness (QED) is 0.268. The van der Waals surface area contributed by atoms with Crippen LogP contribution in [0.4, 0.5) is 0 Å². The Morgan fingerprint density at radius 3 is 2.41 bits per heavy atom. The first kappa shape index (κ1) is 21.3. The standard InChI is InChI=1S/C23H16BrCl2NO2/c1-28-22-12-15(10-17(13-27)18-7-3-5-9-21(18)26)11-19(24)23(22)29-14-16-6-2-4-8-20(16)25/h2-12H,14H2,1H3. The van der Waals surface area contributed by atoms with Crippen molar-refractivity contribution in [2.75, 3.05) is 7.11 Å². The first-order valence-corrected chi connectivity index (χ1v) is 10.2. The minimum Gasteiger partial charge on any atom is -0.493 e. The van der Waals surface area contributed by atoms with Gasteiger partial charge in [-0.2, -0.15) is 5.26 Å². The summed E-state index contributed by atoms with van der Waals surface area (Å²) in [5.41, 5.74) is 2.77. The molecule has 3 rings (SSSR count). The van der Waals surface area contributed by atoms with Crippen molar-refractivity contribution in [3.05, 3.63) is 91.9 Å². The van der Waals surface area contributed by atoms with E-state index in [-0.39, 0.29) is 0 Å². The monoisotopic (exact) mass is 487 g/mol. The highest BCUT2D eigenvalue weighted by molar-refractivity contribution is 9.10. The summed E-state index contributed by atoms with van der Waals surface area (Å²) in [5, 5.41) is 10.8. The summed E-state index contributed by atoms with van der Waals surface area (Å²) in [7, 11) is 1.57. The van der Waals surface area contributed by atoms with Crippen LogP contribution in [-0.2, 0) is 6.61 Å². The average molecular weight is 489 g/mol. The van der Waals surface area contributed by atoms with E-state index in [1.165, 1.54) is 0 Å². The van der Waals surface area contributed by atoms with Crippen LogP contribution in [0.5, 0.6) is 11.5 Å². The molecule has 0 aliphatic carbocycles. The van der Waals surface area contributed by atoms with Crippen molar-refractivity contribution < 1.29 is 9.47 Å². The van der Waals surface area contributed by atoms with Crippen LogP contribution >= 0.6 is 39.1 Å². The van der Waals surface area contributed by atoms with E-state index in [2.05, 4.69) is 22.0 Å². The summed E-state index contributed by atoms with van der Waals surface area (Å²) >= 11 is 16.0. The summed E-state index contributed by atoms with van der Waals surface area (Å²) in [4.78, 5) is 0. The Labute approximate surface area is 188 Å². The summed E-state index contributed by atoms with van der Waals surface area (Å²) < 4.78 is 12.2.